The molecule has 4 nitrogen and oxygen atoms in total. The van der Waals surface area contributed by atoms with Crippen molar-refractivity contribution in [2.75, 3.05) is 5.32 Å². The summed E-state index contributed by atoms with van der Waals surface area (Å²) in [7, 11) is 0. The van der Waals surface area contributed by atoms with Crippen LogP contribution in [0.25, 0.3) is 0 Å². The maximum Gasteiger partial charge on any atom is 0.319 e. The number of anilines is 1. The summed E-state index contributed by atoms with van der Waals surface area (Å²) in [6.07, 6.45) is -0.423. The van der Waals surface area contributed by atoms with Crippen LogP contribution in [0.4, 0.5) is 23.7 Å². The summed E-state index contributed by atoms with van der Waals surface area (Å²) in [5.74, 6) is -4.48. The maximum absolute atomic E-state index is 13.5. The molecule has 7 heteroatoms. The average Bonchev–Trinajstić information content (AvgIpc) is 2.84. The van der Waals surface area contributed by atoms with Crippen molar-refractivity contribution in [1.29, 1.82) is 0 Å². The summed E-state index contributed by atoms with van der Waals surface area (Å²) in [5.41, 5.74) is 1.19. The summed E-state index contributed by atoms with van der Waals surface area (Å²) in [6.45, 7) is 0. The Morgan fingerprint density at radius 1 is 1.09 bits per heavy atom. The van der Waals surface area contributed by atoms with Crippen molar-refractivity contribution in [3.05, 3.63) is 65.0 Å². The number of amides is 2. The fourth-order valence-corrected chi connectivity index (χ4v) is 2.67. The van der Waals surface area contributed by atoms with E-state index in [9.17, 15) is 23.1 Å². The zero-order valence-corrected chi connectivity index (χ0v) is 11.8. The molecule has 120 valence electrons. The molecule has 0 saturated carbocycles. The van der Waals surface area contributed by atoms with Crippen molar-refractivity contribution in [2.24, 2.45) is 0 Å². The van der Waals surface area contributed by atoms with Crippen LogP contribution in [-0.2, 0) is 6.42 Å². The molecule has 0 aromatic heterocycles. The lowest BCUT2D eigenvalue weighted by Gasteiger charge is -2.18. The molecule has 3 rings (SSSR count). The predicted octanol–water partition coefficient (Wildman–Crippen LogP) is 2.88. The van der Waals surface area contributed by atoms with E-state index in [0.29, 0.717) is 12.5 Å². The molecular weight excluding hydrogens is 309 g/mol. The van der Waals surface area contributed by atoms with Crippen molar-refractivity contribution in [2.45, 2.75) is 18.6 Å². The number of benzene rings is 2. The molecule has 2 amide bonds. The van der Waals surface area contributed by atoms with Gasteiger partial charge in [-0.05, 0) is 23.3 Å². The molecule has 0 aliphatic heterocycles. The van der Waals surface area contributed by atoms with Crippen molar-refractivity contribution in [1.82, 2.24) is 5.32 Å². The minimum atomic E-state index is -1.66. The van der Waals surface area contributed by atoms with Gasteiger partial charge >= 0.3 is 6.03 Å². The number of aliphatic hydroxyl groups excluding tert-OH is 1. The highest BCUT2D eigenvalue weighted by Gasteiger charge is 2.32. The Morgan fingerprint density at radius 3 is 2.61 bits per heavy atom. The van der Waals surface area contributed by atoms with Gasteiger partial charge in [-0.3, -0.25) is 0 Å². The second-order valence-electron chi connectivity index (χ2n) is 5.27. The fourth-order valence-electron chi connectivity index (χ4n) is 2.67. The van der Waals surface area contributed by atoms with Crippen LogP contribution in [0.1, 0.15) is 17.2 Å². The van der Waals surface area contributed by atoms with Gasteiger partial charge < -0.3 is 15.7 Å². The lowest BCUT2D eigenvalue weighted by atomic mass is 10.1. The van der Waals surface area contributed by atoms with Gasteiger partial charge in [0.15, 0.2) is 17.5 Å². The van der Waals surface area contributed by atoms with Gasteiger partial charge in [0.1, 0.15) is 0 Å². The van der Waals surface area contributed by atoms with Gasteiger partial charge in [-0.2, -0.15) is 0 Å². The first-order valence-electron chi connectivity index (χ1n) is 6.94. The first-order chi connectivity index (χ1) is 11.0. The molecule has 2 aromatic carbocycles. The molecule has 0 saturated heterocycles. The molecule has 0 radical (unpaired) electrons. The SMILES string of the molecule is O=C(Nc1ccc(F)c(F)c1F)N[C@@H]1c2ccccc2C[C@@H]1O. The number of fused-ring (bicyclic) bond motifs is 1. The molecule has 0 fully saturated rings. The monoisotopic (exact) mass is 322 g/mol. The third-order valence-corrected chi connectivity index (χ3v) is 3.77. The summed E-state index contributed by atoms with van der Waals surface area (Å²) >= 11 is 0. The van der Waals surface area contributed by atoms with E-state index in [1.165, 1.54) is 0 Å². The van der Waals surface area contributed by atoms with Gasteiger partial charge in [0.25, 0.3) is 0 Å². The van der Waals surface area contributed by atoms with Gasteiger partial charge in [-0.25, -0.2) is 18.0 Å². The fraction of sp³-hybridized carbons (Fsp3) is 0.188. The topological polar surface area (TPSA) is 61.4 Å². The van der Waals surface area contributed by atoms with E-state index in [2.05, 4.69) is 10.6 Å². The maximum atomic E-state index is 13.5. The first-order valence-corrected chi connectivity index (χ1v) is 6.94. The molecule has 1 aliphatic rings. The van der Waals surface area contributed by atoms with Gasteiger partial charge in [0, 0.05) is 6.42 Å². The van der Waals surface area contributed by atoms with Crippen molar-refractivity contribution < 1.29 is 23.1 Å². The number of halogens is 3. The highest BCUT2D eigenvalue weighted by Crippen LogP contribution is 2.31. The molecule has 23 heavy (non-hydrogen) atoms. The minimum absolute atomic E-state index is 0.390. The molecule has 1 aliphatic carbocycles. The zero-order chi connectivity index (χ0) is 16.6. The van der Waals surface area contributed by atoms with E-state index in [4.69, 9.17) is 0 Å². The molecule has 0 heterocycles. The Morgan fingerprint density at radius 2 is 1.83 bits per heavy atom. The standard InChI is InChI=1S/C16H13F3N2O2/c17-10-5-6-11(14(19)13(10)18)20-16(23)21-15-9-4-2-1-3-8(9)7-12(15)22/h1-6,12,15,22H,7H2,(H2,20,21,23)/t12-,15+/m0/s1. The first kappa shape index (κ1) is 15.4. The van der Waals surface area contributed by atoms with E-state index < -0.39 is 41.3 Å². The number of rotatable bonds is 2. The third-order valence-electron chi connectivity index (χ3n) is 3.77. The summed E-state index contributed by atoms with van der Waals surface area (Å²) in [4.78, 5) is 12.0. The Hall–Kier alpha value is -2.54. The Kier molecular flexibility index (Phi) is 3.96. The van der Waals surface area contributed by atoms with E-state index >= 15 is 0 Å². The molecular formula is C16H13F3N2O2. The molecule has 0 bridgehead atoms. The van der Waals surface area contributed by atoms with Crippen LogP contribution in [0.5, 0.6) is 0 Å². The number of hydrogen-bond acceptors (Lipinski definition) is 2. The molecule has 3 N–H and O–H groups in total. The van der Waals surface area contributed by atoms with Crippen LogP contribution >= 0.6 is 0 Å². The quantitative estimate of drug-likeness (QED) is 0.745. The van der Waals surface area contributed by atoms with Crippen LogP contribution in [0.15, 0.2) is 36.4 Å². The Bertz CT molecular complexity index is 767. The van der Waals surface area contributed by atoms with Crippen LogP contribution in [0, 0.1) is 17.5 Å². The lowest BCUT2D eigenvalue weighted by molar-refractivity contribution is 0.144. The van der Waals surface area contributed by atoms with Crippen LogP contribution in [0.2, 0.25) is 0 Å². The highest BCUT2D eigenvalue weighted by atomic mass is 19.2. The normalized spacial score (nSPS) is 19.3. The summed E-state index contributed by atoms with van der Waals surface area (Å²) in [6, 6.07) is 7.38. The Balaban J connectivity index is 1.75. The van der Waals surface area contributed by atoms with Gasteiger partial charge in [0.2, 0.25) is 0 Å². The summed E-state index contributed by atoms with van der Waals surface area (Å²) < 4.78 is 39.6. The number of nitrogens with one attached hydrogen (secondary N) is 2. The van der Waals surface area contributed by atoms with Crippen LogP contribution in [0.3, 0.4) is 0 Å². The number of carbonyl (C=O) groups is 1. The molecule has 0 spiro atoms. The zero-order valence-electron chi connectivity index (χ0n) is 11.8. The van der Waals surface area contributed by atoms with Crippen molar-refractivity contribution >= 4 is 11.7 Å². The Labute approximate surface area is 129 Å². The third kappa shape index (κ3) is 2.87. The molecule has 0 unspecified atom stereocenters. The second-order valence-corrected chi connectivity index (χ2v) is 5.27. The lowest BCUT2D eigenvalue weighted by Crippen LogP contribution is -2.37. The number of hydrogen-bond donors (Lipinski definition) is 3. The van der Waals surface area contributed by atoms with Gasteiger partial charge in [-0.1, -0.05) is 24.3 Å². The molecule has 2 aromatic rings. The second kappa shape index (κ2) is 5.92. The smallest absolute Gasteiger partial charge is 0.319 e. The van der Waals surface area contributed by atoms with Crippen molar-refractivity contribution in [3.63, 3.8) is 0 Å². The van der Waals surface area contributed by atoms with E-state index in [0.717, 1.165) is 17.2 Å². The van der Waals surface area contributed by atoms with Crippen molar-refractivity contribution in [3.8, 4) is 0 Å². The van der Waals surface area contributed by atoms with E-state index in [1.54, 1.807) is 12.1 Å². The average molecular weight is 322 g/mol. The summed E-state index contributed by atoms with van der Waals surface area (Å²) in [5, 5.41) is 14.7. The van der Waals surface area contributed by atoms with E-state index in [1.807, 2.05) is 12.1 Å². The predicted molar refractivity (Wildman–Crippen MR) is 77.4 cm³/mol. The molecule has 2 atom stereocenters. The van der Waals surface area contributed by atoms with Crippen LogP contribution in [-0.4, -0.2) is 17.2 Å². The number of urea groups is 1. The number of aliphatic hydroxyl groups is 1. The highest BCUT2D eigenvalue weighted by molar-refractivity contribution is 5.89. The van der Waals surface area contributed by atoms with Crippen LogP contribution < -0.4 is 10.6 Å². The largest absolute Gasteiger partial charge is 0.390 e. The van der Waals surface area contributed by atoms with E-state index in [-0.39, 0.29) is 0 Å². The van der Waals surface area contributed by atoms with Gasteiger partial charge in [0.05, 0.1) is 17.8 Å². The number of carbonyl (C=O) groups excluding carboxylic acids is 1. The van der Waals surface area contributed by atoms with Gasteiger partial charge in [-0.15, -0.1) is 0 Å². The minimum Gasteiger partial charge on any atom is -0.390 e.